The van der Waals surface area contributed by atoms with Crippen LogP contribution in [0.15, 0.2) is 71.3 Å². The summed E-state index contributed by atoms with van der Waals surface area (Å²) >= 11 is 0. The maximum absolute atomic E-state index is 12.1. The first kappa shape index (κ1) is 17.6. The maximum Gasteiger partial charge on any atom is 0.260 e. The Hall–Kier alpha value is -3.21. The van der Waals surface area contributed by atoms with E-state index in [4.69, 9.17) is 13.9 Å². The Labute approximate surface area is 152 Å². The topological polar surface area (TPSA) is 51.9 Å². The second kappa shape index (κ2) is 8.25. The van der Waals surface area contributed by atoms with Crippen molar-refractivity contribution in [1.82, 2.24) is 4.90 Å². The van der Waals surface area contributed by atoms with Crippen LogP contribution < -0.4 is 9.47 Å². The lowest BCUT2D eigenvalue weighted by molar-refractivity contribution is -0.132. The van der Waals surface area contributed by atoms with Crippen LogP contribution in [0.5, 0.6) is 17.2 Å². The number of likely N-dealkylation sites (N-methyl/N-ethyl adjacent to an activating group) is 1. The molecule has 0 aliphatic carbocycles. The highest BCUT2D eigenvalue weighted by Crippen LogP contribution is 2.24. The molecular weight excluding hydrogens is 330 g/mol. The van der Waals surface area contributed by atoms with Crippen molar-refractivity contribution in [3.8, 4) is 17.2 Å². The van der Waals surface area contributed by atoms with E-state index >= 15 is 0 Å². The van der Waals surface area contributed by atoms with Gasteiger partial charge >= 0.3 is 0 Å². The van der Waals surface area contributed by atoms with Crippen LogP contribution in [-0.4, -0.2) is 24.5 Å². The third-order valence-corrected chi connectivity index (χ3v) is 3.84. The molecule has 0 fully saturated rings. The minimum Gasteiger partial charge on any atom is -0.484 e. The van der Waals surface area contributed by atoms with Crippen LogP contribution in [0.4, 0.5) is 0 Å². The zero-order valence-corrected chi connectivity index (χ0v) is 14.8. The summed E-state index contributed by atoms with van der Waals surface area (Å²) < 4.78 is 16.6. The number of benzene rings is 2. The number of hydrogen-bond acceptors (Lipinski definition) is 4. The summed E-state index contributed by atoms with van der Waals surface area (Å²) in [6, 6.07) is 18.7. The molecule has 1 aromatic heterocycles. The molecule has 1 amide bonds. The second-order valence-corrected chi connectivity index (χ2v) is 6.00. The molecule has 0 aliphatic heterocycles. The third-order valence-electron chi connectivity index (χ3n) is 3.84. The Morgan fingerprint density at radius 2 is 1.58 bits per heavy atom. The van der Waals surface area contributed by atoms with E-state index in [9.17, 15) is 4.79 Å². The van der Waals surface area contributed by atoms with Crippen LogP contribution in [0.25, 0.3) is 0 Å². The van der Waals surface area contributed by atoms with Crippen LogP contribution in [0.3, 0.4) is 0 Å². The highest BCUT2D eigenvalue weighted by atomic mass is 16.5. The van der Waals surface area contributed by atoms with Crippen molar-refractivity contribution >= 4 is 5.91 Å². The summed E-state index contributed by atoms with van der Waals surface area (Å²) in [5.41, 5.74) is 1.18. The molecule has 134 valence electrons. The SMILES string of the molecule is Cc1ccc(Oc2ccc(OCC(=O)N(C)Cc3ccco3)cc2)cc1. The second-order valence-electron chi connectivity index (χ2n) is 6.00. The summed E-state index contributed by atoms with van der Waals surface area (Å²) in [5, 5.41) is 0. The highest BCUT2D eigenvalue weighted by molar-refractivity contribution is 5.77. The molecule has 0 N–H and O–H groups in total. The number of carbonyl (C=O) groups is 1. The van der Waals surface area contributed by atoms with Crippen LogP contribution in [-0.2, 0) is 11.3 Å². The fourth-order valence-corrected chi connectivity index (χ4v) is 2.33. The zero-order chi connectivity index (χ0) is 18.4. The van der Waals surface area contributed by atoms with Crippen molar-refractivity contribution in [2.45, 2.75) is 13.5 Å². The fraction of sp³-hybridized carbons (Fsp3) is 0.190. The van der Waals surface area contributed by atoms with E-state index in [2.05, 4.69) is 0 Å². The van der Waals surface area contributed by atoms with Gasteiger partial charge in [0.1, 0.15) is 23.0 Å². The van der Waals surface area contributed by atoms with Gasteiger partial charge in [-0.1, -0.05) is 17.7 Å². The van der Waals surface area contributed by atoms with Gasteiger partial charge in [0.05, 0.1) is 12.8 Å². The molecule has 0 bridgehead atoms. The number of carbonyl (C=O) groups excluding carboxylic acids is 1. The molecule has 0 atom stereocenters. The van der Waals surface area contributed by atoms with E-state index < -0.39 is 0 Å². The smallest absolute Gasteiger partial charge is 0.260 e. The summed E-state index contributed by atoms with van der Waals surface area (Å²) in [5.74, 6) is 2.71. The van der Waals surface area contributed by atoms with Gasteiger partial charge in [0.25, 0.3) is 5.91 Å². The van der Waals surface area contributed by atoms with Gasteiger partial charge in [-0.15, -0.1) is 0 Å². The first-order chi connectivity index (χ1) is 12.6. The fourth-order valence-electron chi connectivity index (χ4n) is 2.33. The Kier molecular flexibility index (Phi) is 5.59. The standard InChI is InChI=1S/C21H21NO4/c1-16-5-7-18(8-6-16)26-19-11-9-17(10-12-19)25-15-21(23)22(2)14-20-4-3-13-24-20/h3-13H,14-15H2,1-2H3. The van der Waals surface area contributed by atoms with Gasteiger partial charge in [0.15, 0.2) is 6.61 Å². The van der Waals surface area contributed by atoms with Crippen molar-refractivity contribution in [1.29, 1.82) is 0 Å². The average Bonchev–Trinajstić information content (AvgIpc) is 3.16. The van der Waals surface area contributed by atoms with Gasteiger partial charge in [0, 0.05) is 7.05 Å². The van der Waals surface area contributed by atoms with Crippen LogP contribution in [0.1, 0.15) is 11.3 Å². The van der Waals surface area contributed by atoms with E-state index in [0.29, 0.717) is 18.0 Å². The monoisotopic (exact) mass is 351 g/mol. The van der Waals surface area contributed by atoms with E-state index in [1.165, 1.54) is 5.56 Å². The van der Waals surface area contributed by atoms with Crippen LogP contribution >= 0.6 is 0 Å². The Bertz CT molecular complexity index is 823. The Morgan fingerprint density at radius 3 is 2.19 bits per heavy atom. The van der Waals surface area contributed by atoms with Crippen molar-refractivity contribution in [3.63, 3.8) is 0 Å². The molecule has 0 unspecified atom stereocenters. The first-order valence-corrected chi connectivity index (χ1v) is 8.34. The third kappa shape index (κ3) is 4.89. The summed E-state index contributed by atoms with van der Waals surface area (Å²) in [4.78, 5) is 13.7. The summed E-state index contributed by atoms with van der Waals surface area (Å²) in [6.07, 6.45) is 1.59. The number of rotatable bonds is 7. The number of ether oxygens (including phenoxy) is 2. The summed E-state index contributed by atoms with van der Waals surface area (Å²) in [7, 11) is 1.72. The molecule has 0 spiro atoms. The zero-order valence-electron chi connectivity index (χ0n) is 14.8. The van der Waals surface area contributed by atoms with Crippen molar-refractivity contribution in [2.24, 2.45) is 0 Å². The average molecular weight is 351 g/mol. The molecule has 1 heterocycles. The van der Waals surface area contributed by atoms with Crippen molar-refractivity contribution in [3.05, 3.63) is 78.3 Å². The van der Waals surface area contributed by atoms with Gasteiger partial charge < -0.3 is 18.8 Å². The molecule has 5 heteroatoms. The molecule has 0 aliphatic rings. The molecule has 0 saturated heterocycles. The lowest BCUT2D eigenvalue weighted by Crippen LogP contribution is -2.30. The van der Waals surface area contributed by atoms with Crippen molar-refractivity contribution < 1.29 is 18.7 Å². The number of amides is 1. The molecule has 5 nitrogen and oxygen atoms in total. The minimum atomic E-state index is -0.124. The van der Waals surface area contributed by atoms with Gasteiger partial charge in [-0.05, 0) is 55.5 Å². The van der Waals surface area contributed by atoms with E-state index in [1.54, 1.807) is 36.4 Å². The molecule has 3 rings (SSSR count). The van der Waals surface area contributed by atoms with E-state index in [1.807, 2.05) is 49.4 Å². The molecule has 26 heavy (non-hydrogen) atoms. The highest BCUT2D eigenvalue weighted by Gasteiger charge is 2.11. The van der Waals surface area contributed by atoms with Gasteiger partial charge in [-0.3, -0.25) is 4.79 Å². The van der Waals surface area contributed by atoms with E-state index in [0.717, 1.165) is 11.5 Å². The van der Waals surface area contributed by atoms with Crippen molar-refractivity contribution in [2.75, 3.05) is 13.7 Å². The quantitative estimate of drug-likeness (QED) is 0.632. The molecule has 0 saturated carbocycles. The molecule has 2 aromatic carbocycles. The van der Waals surface area contributed by atoms with Crippen LogP contribution in [0, 0.1) is 6.92 Å². The predicted molar refractivity (Wildman–Crippen MR) is 98.4 cm³/mol. The lowest BCUT2D eigenvalue weighted by Gasteiger charge is -2.16. The lowest BCUT2D eigenvalue weighted by atomic mass is 10.2. The molecule has 0 radical (unpaired) electrons. The maximum atomic E-state index is 12.1. The predicted octanol–water partition coefficient (Wildman–Crippen LogP) is 4.42. The first-order valence-electron chi connectivity index (χ1n) is 8.34. The number of furan rings is 1. The van der Waals surface area contributed by atoms with Gasteiger partial charge in [-0.2, -0.15) is 0 Å². The Morgan fingerprint density at radius 1 is 0.962 bits per heavy atom. The number of nitrogens with zero attached hydrogens (tertiary/aromatic N) is 1. The molecule has 3 aromatic rings. The normalized spacial score (nSPS) is 10.4. The summed E-state index contributed by atoms with van der Waals surface area (Å²) in [6.45, 7) is 2.41. The van der Waals surface area contributed by atoms with Crippen LogP contribution in [0.2, 0.25) is 0 Å². The number of hydrogen-bond donors (Lipinski definition) is 0. The molecular formula is C21H21NO4. The largest absolute Gasteiger partial charge is 0.484 e. The van der Waals surface area contributed by atoms with Gasteiger partial charge in [0.2, 0.25) is 0 Å². The number of aryl methyl sites for hydroxylation is 1. The van der Waals surface area contributed by atoms with Gasteiger partial charge in [-0.25, -0.2) is 0 Å². The minimum absolute atomic E-state index is 0.0324. The Balaban J connectivity index is 1.49. The van der Waals surface area contributed by atoms with E-state index in [-0.39, 0.29) is 12.5 Å².